The fraction of sp³-hybridized carbons (Fsp3) is 0.471. The molecule has 0 aliphatic rings. The Balaban J connectivity index is 1.81. The van der Waals surface area contributed by atoms with Gasteiger partial charge < -0.3 is 14.0 Å². The van der Waals surface area contributed by atoms with Gasteiger partial charge in [-0.15, -0.1) is 10.2 Å². The SMILES string of the molecule is CCc1nnc(SCCCOc2ccc(C=O)cc2OC)n1CC. The Kier molecular flexibility index (Phi) is 7.11. The van der Waals surface area contributed by atoms with E-state index < -0.39 is 0 Å². The van der Waals surface area contributed by atoms with E-state index >= 15 is 0 Å². The van der Waals surface area contributed by atoms with E-state index in [9.17, 15) is 4.79 Å². The second kappa shape index (κ2) is 9.32. The molecule has 1 heterocycles. The molecule has 1 aromatic carbocycles. The number of nitrogens with zero attached hydrogens (tertiary/aromatic N) is 3. The third kappa shape index (κ3) is 4.50. The van der Waals surface area contributed by atoms with Crippen LogP contribution in [-0.2, 0) is 13.0 Å². The molecule has 0 atom stereocenters. The zero-order valence-electron chi connectivity index (χ0n) is 14.3. The van der Waals surface area contributed by atoms with Gasteiger partial charge in [0, 0.05) is 24.3 Å². The van der Waals surface area contributed by atoms with Crippen molar-refractivity contribution in [1.82, 2.24) is 14.8 Å². The van der Waals surface area contributed by atoms with Gasteiger partial charge >= 0.3 is 0 Å². The van der Waals surface area contributed by atoms with Gasteiger partial charge in [0.1, 0.15) is 12.1 Å². The van der Waals surface area contributed by atoms with Crippen LogP contribution in [0, 0.1) is 0 Å². The minimum atomic E-state index is 0.570. The smallest absolute Gasteiger partial charge is 0.191 e. The van der Waals surface area contributed by atoms with Gasteiger partial charge in [0.05, 0.1) is 13.7 Å². The number of aromatic nitrogens is 3. The number of rotatable bonds is 10. The Morgan fingerprint density at radius 3 is 2.75 bits per heavy atom. The minimum Gasteiger partial charge on any atom is -0.493 e. The van der Waals surface area contributed by atoms with Crippen molar-refractivity contribution in [2.75, 3.05) is 19.5 Å². The van der Waals surface area contributed by atoms with E-state index in [1.807, 2.05) is 0 Å². The van der Waals surface area contributed by atoms with Crippen LogP contribution >= 0.6 is 11.8 Å². The molecule has 0 N–H and O–H groups in total. The average Bonchev–Trinajstić information content (AvgIpc) is 3.03. The number of hydrogen-bond donors (Lipinski definition) is 0. The van der Waals surface area contributed by atoms with Crippen molar-refractivity contribution in [3.05, 3.63) is 29.6 Å². The number of carbonyl (C=O) groups is 1. The lowest BCUT2D eigenvalue weighted by Crippen LogP contribution is -2.04. The second-order valence-electron chi connectivity index (χ2n) is 5.08. The molecule has 0 unspecified atom stereocenters. The largest absolute Gasteiger partial charge is 0.493 e. The predicted molar refractivity (Wildman–Crippen MR) is 94.3 cm³/mol. The molecule has 2 rings (SSSR count). The summed E-state index contributed by atoms with van der Waals surface area (Å²) in [6, 6.07) is 5.15. The summed E-state index contributed by atoms with van der Waals surface area (Å²) in [5.74, 6) is 3.15. The summed E-state index contributed by atoms with van der Waals surface area (Å²) in [5.41, 5.74) is 0.570. The molecule has 6 nitrogen and oxygen atoms in total. The highest BCUT2D eigenvalue weighted by molar-refractivity contribution is 7.99. The van der Waals surface area contributed by atoms with Crippen LogP contribution in [0.25, 0.3) is 0 Å². The molecule has 0 spiro atoms. The topological polar surface area (TPSA) is 66.2 Å². The van der Waals surface area contributed by atoms with Crippen LogP contribution in [-0.4, -0.2) is 40.5 Å². The van der Waals surface area contributed by atoms with E-state index in [0.29, 0.717) is 23.7 Å². The highest BCUT2D eigenvalue weighted by atomic mass is 32.2. The molecule has 0 fully saturated rings. The molecule has 0 aliphatic heterocycles. The minimum absolute atomic E-state index is 0.570. The number of thioether (sulfide) groups is 1. The number of ether oxygens (including phenoxy) is 2. The van der Waals surface area contributed by atoms with Crippen LogP contribution in [0.15, 0.2) is 23.4 Å². The lowest BCUT2D eigenvalue weighted by Gasteiger charge is -2.11. The summed E-state index contributed by atoms with van der Waals surface area (Å²) in [4.78, 5) is 10.8. The molecule has 0 aliphatic carbocycles. The van der Waals surface area contributed by atoms with Gasteiger partial charge in [-0.05, 0) is 31.5 Å². The first kappa shape index (κ1) is 18.3. The van der Waals surface area contributed by atoms with Crippen molar-refractivity contribution in [2.45, 2.75) is 38.4 Å². The maximum Gasteiger partial charge on any atom is 0.191 e. The normalized spacial score (nSPS) is 10.6. The highest BCUT2D eigenvalue weighted by Crippen LogP contribution is 2.28. The molecule has 24 heavy (non-hydrogen) atoms. The Hall–Kier alpha value is -2.02. The molecule has 130 valence electrons. The first-order valence-electron chi connectivity index (χ1n) is 8.04. The molecule has 0 amide bonds. The molecule has 0 saturated carbocycles. The third-order valence-corrected chi connectivity index (χ3v) is 4.58. The van der Waals surface area contributed by atoms with Crippen molar-refractivity contribution < 1.29 is 14.3 Å². The summed E-state index contributed by atoms with van der Waals surface area (Å²) in [7, 11) is 1.56. The van der Waals surface area contributed by atoms with Gasteiger partial charge in [-0.3, -0.25) is 4.79 Å². The highest BCUT2D eigenvalue weighted by Gasteiger charge is 2.10. The number of methoxy groups -OCH3 is 1. The number of benzene rings is 1. The van der Waals surface area contributed by atoms with Crippen LogP contribution in [0.3, 0.4) is 0 Å². The summed E-state index contributed by atoms with van der Waals surface area (Å²) in [6.45, 7) is 5.65. The van der Waals surface area contributed by atoms with Crippen molar-refractivity contribution >= 4 is 18.0 Å². The number of aryl methyl sites for hydroxylation is 1. The zero-order valence-corrected chi connectivity index (χ0v) is 15.1. The second-order valence-corrected chi connectivity index (χ2v) is 6.14. The van der Waals surface area contributed by atoms with Gasteiger partial charge in [0.15, 0.2) is 16.7 Å². The fourth-order valence-electron chi connectivity index (χ4n) is 2.29. The van der Waals surface area contributed by atoms with Crippen molar-refractivity contribution in [1.29, 1.82) is 0 Å². The molecule has 2 aromatic rings. The Labute approximate surface area is 146 Å². The number of aldehydes is 1. The molecule has 0 bridgehead atoms. The quantitative estimate of drug-likeness (QED) is 0.373. The maximum absolute atomic E-state index is 10.8. The van der Waals surface area contributed by atoms with Crippen LogP contribution in [0.4, 0.5) is 0 Å². The lowest BCUT2D eigenvalue weighted by molar-refractivity contribution is 0.112. The van der Waals surface area contributed by atoms with Gasteiger partial charge in [0.2, 0.25) is 0 Å². The van der Waals surface area contributed by atoms with E-state index in [2.05, 4.69) is 28.6 Å². The zero-order chi connectivity index (χ0) is 17.4. The van der Waals surface area contributed by atoms with Gasteiger partial charge in [-0.2, -0.15) is 0 Å². The van der Waals surface area contributed by atoms with E-state index in [1.165, 1.54) is 0 Å². The van der Waals surface area contributed by atoms with Crippen LogP contribution in [0.2, 0.25) is 0 Å². The molecule has 0 saturated heterocycles. The summed E-state index contributed by atoms with van der Waals surface area (Å²) in [5, 5.41) is 9.41. The van der Waals surface area contributed by atoms with Crippen molar-refractivity contribution in [2.24, 2.45) is 0 Å². The van der Waals surface area contributed by atoms with Crippen LogP contribution < -0.4 is 9.47 Å². The monoisotopic (exact) mass is 349 g/mol. The van der Waals surface area contributed by atoms with E-state index in [-0.39, 0.29) is 0 Å². The van der Waals surface area contributed by atoms with Crippen molar-refractivity contribution in [3.8, 4) is 11.5 Å². The lowest BCUT2D eigenvalue weighted by atomic mass is 10.2. The first-order valence-corrected chi connectivity index (χ1v) is 9.02. The van der Waals surface area contributed by atoms with E-state index in [0.717, 1.165) is 42.4 Å². The van der Waals surface area contributed by atoms with Crippen LogP contribution in [0.1, 0.15) is 36.5 Å². The molecule has 7 heteroatoms. The third-order valence-electron chi connectivity index (χ3n) is 3.53. The van der Waals surface area contributed by atoms with Gasteiger partial charge in [-0.1, -0.05) is 18.7 Å². The Morgan fingerprint density at radius 1 is 1.25 bits per heavy atom. The summed E-state index contributed by atoms with van der Waals surface area (Å²) >= 11 is 1.69. The van der Waals surface area contributed by atoms with E-state index in [4.69, 9.17) is 9.47 Å². The summed E-state index contributed by atoms with van der Waals surface area (Å²) in [6.07, 6.45) is 2.56. The van der Waals surface area contributed by atoms with Crippen molar-refractivity contribution in [3.63, 3.8) is 0 Å². The molecule has 0 radical (unpaired) electrons. The number of hydrogen-bond acceptors (Lipinski definition) is 6. The van der Waals surface area contributed by atoms with Crippen LogP contribution in [0.5, 0.6) is 11.5 Å². The summed E-state index contributed by atoms with van der Waals surface area (Å²) < 4.78 is 13.1. The predicted octanol–water partition coefficient (Wildman–Crippen LogP) is 3.24. The molecular formula is C17H23N3O3S. The first-order chi connectivity index (χ1) is 11.7. The van der Waals surface area contributed by atoms with Gasteiger partial charge in [0.25, 0.3) is 0 Å². The molecule has 1 aromatic heterocycles. The fourth-order valence-corrected chi connectivity index (χ4v) is 3.22. The van der Waals surface area contributed by atoms with Gasteiger partial charge in [-0.25, -0.2) is 0 Å². The van der Waals surface area contributed by atoms with E-state index in [1.54, 1.807) is 37.1 Å². The Bertz CT molecular complexity index is 673. The number of carbonyl (C=O) groups excluding carboxylic acids is 1. The Morgan fingerprint density at radius 2 is 2.08 bits per heavy atom. The average molecular weight is 349 g/mol. The maximum atomic E-state index is 10.8. The standard InChI is InChI=1S/C17H23N3O3S/c1-4-16-18-19-17(20(16)5-2)24-10-6-9-23-14-8-7-13(12-21)11-15(14)22-3/h7-8,11-12H,4-6,9-10H2,1-3H3. The molecular weight excluding hydrogens is 326 g/mol.